The molecule has 2 N–H and O–H groups in total. The van der Waals surface area contributed by atoms with Crippen LogP contribution < -0.4 is 15.9 Å². The fourth-order valence-electron chi connectivity index (χ4n) is 9.48. The largest absolute Gasteiger partial charge is 0.404 e. The zero-order valence-electron chi connectivity index (χ0n) is 54.9. The lowest BCUT2D eigenvalue weighted by Gasteiger charge is -2.14. The van der Waals surface area contributed by atoms with Crippen LogP contribution in [0.15, 0.2) is 128 Å². The number of hydrogen-bond donors (Lipinski definition) is 2. The molecule has 0 saturated carbocycles. The molecule has 9 rings (SSSR count). The van der Waals surface area contributed by atoms with Crippen molar-refractivity contribution < 1.29 is 44.4 Å². The zero-order valence-corrected chi connectivity index (χ0v) is 60.3. The minimum absolute atomic E-state index is 0.000809. The van der Waals surface area contributed by atoms with E-state index in [9.17, 15) is 49.2 Å². The molecule has 25 nitrogen and oxygen atoms in total. The molecule has 0 amide bonds. The highest BCUT2D eigenvalue weighted by molar-refractivity contribution is 7.91. The number of aromatic amines is 2. The van der Waals surface area contributed by atoms with Crippen LogP contribution in [0, 0.1) is 0 Å². The fraction of sp³-hybridized carbons (Fsp3) is 0.381. The summed E-state index contributed by atoms with van der Waals surface area (Å²) in [6, 6.07) is 16.5. The van der Waals surface area contributed by atoms with E-state index in [1.165, 1.54) is 74.8 Å². The maximum atomic E-state index is 13.2. The molecule has 0 aliphatic heterocycles. The highest BCUT2D eigenvalue weighted by Crippen LogP contribution is 2.33. The summed E-state index contributed by atoms with van der Waals surface area (Å²) in [5, 5.41) is 21.7. The zero-order chi connectivity index (χ0) is 70.7. The van der Waals surface area contributed by atoms with Crippen molar-refractivity contribution in [3.05, 3.63) is 196 Å². The van der Waals surface area contributed by atoms with Crippen LogP contribution in [-0.4, -0.2) is 144 Å². The number of esters is 1. The summed E-state index contributed by atoms with van der Waals surface area (Å²) in [7, 11) is -10.6. The molecule has 32 heteroatoms. The number of halogens is 4. The van der Waals surface area contributed by atoms with Crippen molar-refractivity contribution in [1.82, 2.24) is 63.6 Å². The highest BCUT2D eigenvalue weighted by atomic mass is 35.5. The Morgan fingerprint density at radius 2 is 0.979 bits per heavy atom. The van der Waals surface area contributed by atoms with Gasteiger partial charge in [0.25, 0.3) is 16.4 Å². The van der Waals surface area contributed by atoms with E-state index in [1.54, 1.807) is 83.8 Å². The van der Waals surface area contributed by atoms with Crippen molar-refractivity contribution in [2.24, 2.45) is 0 Å². The van der Waals surface area contributed by atoms with Crippen LogP contribution in [0.5, 0.6) is 5.88 Å². The van der Waals surface area contributed by atoms with Gasteiger partial charge in [-0.1, -0.05) is 76.3 Å². The number of ether oxygens (including phenoxy) is 1. The molecule has 0 aliphatic carbocycles. The van der Waals surface area contributed by atoms with Crippen LogP contribution in [0.4, 0.5) is 0 Å². The van der Waals surface area contributed by atoms with Crippen molar-refractivity contribution in [2.45, 2.75) is 136 Å². The second kappa shape index (κ2) is 35.3. The Labute approximate surface area is 572 Å². The number of H-pyrrole nitrogens is 2. The van der Waals surface area contributed by atoms with Gasteiger partial charge in [0, 0.05) is 121 Å². The maximum Gasteiger partial charge on any atom is 0.346 e. The maximum absolute atomic E-state index is 13.2. The predicted molar refractivity (Wildman–Crippen MR) is 367 cm³/mol. The molecule has 3 aromatic carbocycles. The molecule has 0 bridgehead atoms. The molecule has 0 radical (unpaired) electrons. The second-order valence-electron chi connectivity index (χ2n) is 21.0. The third kappa shape index (κ3) is 20.7. The first-order chi connectivity index (χ1) is 44.8. The lowest BCUT2D eigenvalue weighted by molar-refractivity contribution is 0.0718. The third-order valence-corrected chi connectivity index (χ3v) is 19.6. The van der Waals surface area contributed by atoms with Crippen LogP contribution in [0.3, 0.4) is 0 Å². The lowest BCUT2D eigenvalue weighted by Crippen LogP contribution is -2.22. The molecule has 6 aromatic heterocycles. The van der Waals surface area contributed by atoms with Crippen LogP contribution in [0.1, 0.15) is 133 Å². The van der Waals surface area contributed by atoms with E-state index in [-0.39, 0.29) is 88.3 Å². The van der Waals surface area contributed by atoms with E-state index in [0.29, 0.717) is 43.1 Å². The molecule has 9 aromatic rings. The van der Waals surface area contributed by atoms with Gasteiger partial charge >= 0.3 is 5.97 Å². The fourth-order valence-corrected chi connectivity index (χ4v) is 13.6. The van der Waals surface area contributed by atoms with Gasteiger partial charge in [0.1, 0.15) is 5.56 Å². The SMILES string of the molecule is CCN(CC)CC.CCc1[nH]n(CC)c(=O)c1C(=O)c1ccc(S(C)(=O)=O)c(Cn2cccn2)c1Cl.CCc1cc(=O)n(CC)[nH]1.CCc1cc(OC(=O)c2ccc(S(C)(=O)=O)c(Cn3cccn3)c2Cl)n(CC)n1.CS(=O)(=O)c1ccc(C(=O)Cl)c(Cl)c1Cn1cccn1. The molecule has 0 fully saturated rings. The average molecular weight is 1450 g/mol. The number of hydrogen-bond acceptors (Lipinski definition) is 17. The van der Waals surface area contributed by atoms with Gasteiger partial charge in [-0.15, -0.1) is 0 Å². The summed E-state index contributed by atoms with van der Waals surface area (Å²) in [5.41, 5.74) is 3.04. The smallest absolute Gasteiger partial charge is 0.346 e. The van der Waals surface area contributed by atoms with Gasteiger partial charge < -0.3 is 9.64 Å². The van der Waals surface area contributed by atoms with Crippen molar-refractivity contribution in [3.63, 3.8) is 0 Å². The number of sulfone groups is 3. The van der Waals surface area contributed by atoms with E-state index in [0.717, 1.165) is 43.1 Å². The summed E-state index contributed by atoms with van der Waals surface area (Å²) in [4.78, 5) is 63.4. The number of rotatable bonds is 23. The number of nitrogens with one attached hydrogen (secondary N) is 2. The third-order valence-electron chi connectivity index (χ3n) is 14.6. The number of aryl methyl sites for hydroxylation is 6. The topological polar surface area (TPSA) is 313 Å². The van der Waals surface area contributed by atoms with Crippen LogP contribution in [-0.2, 0) is 88.0 Å². The molecule has 0 atom stereocenters. The molecule has 95 heavy (non-hydrogen) atoms. The Morgan fingerprint density at radius 1 is 0.547 bits per heavy atom. The van der Waals surface area contributed by atoms with Crippen molar-refractivity contribution in [1.29, 1.82) is 0 Å². The summed E-state index contributed by atoms with van der Waals surface area (Å²) in [6.45, 7) is 23.5. The van der Waals surface area contributed by atoms with E-state index in [4.69, 9.17) is 51.1 Å². The molecule has 0 saturated heterocycles. The molecule has 0 aliphatic rings. The first-order valence-electron chi connectivity index (χ1n) is 30.2. The van der Waals surface area contributed by atoms with E-state index in [1.807, 2.05) is 34.6 Å². The first kappa shape index (κ1) is 78.0. The Bertz CT molecular complexity index is 4550. The van der Waals surface area contributed by atoms with Gasteiger partial charge in [0.15, 0.2) is 29.5 Å². The average Bonchev–Trinajstić information content (AvgIpc) is 1.73. The molecule has 0 spiro atoms. The van der Waals surface area contributed by atoms with Crippen LogP contribution in [0.2, 0.25) is 15.1 Å². The number of benzene rings is 3. The van der Waals surface area contributed by atoms with Crippen LogP contribution >= 0.6 is 46.4 Å². The molecule has 514 valence electrons. The summed E-state index contributed by atoms with van der Waals surface area (Å²) >= 11 is 24.6. The number of ketones is 1. The monoisotopic (exact) mass is 1450 g/mol. The summed E-state index contributed by atoms with van der Waals surface area (Å²) < 4.78 is 87.1. The summed E-state index contributed by atoms with van der Waals surface area (Å²) in [5.74, 6) is -0.915. The lowest BCUT2D eigenvalue weighted by atomic mass is 10.0. The normalized spacial score (nSPS) is 11.4. The predicted octanol–water partition coefficient (Wildman–Crippen LogP) is 9.75. The highest BCUT2D eigenvalue weighted by Gasteiger charge is 2.29. The van der Waals surface area contributed by atoms with E-state index < -0.39 is 52.1 Å². The number of nitrogens with zero attached hydrogens (tertiary/aromatic N) is 11. The van der Waals surface area contributed by atoms with Gasteiger partial charge in [-0.2, -0.15) is 20.4 Å². The minimum atomic E-state index is -3.60. The number of aromatic nitrogens is 12. The van der Waals surface area contributed by atoms with Gasteiger partial charge in [-0.05, 0) is 126 Å². The van der Waals surface area contributed by atoms with Crippen LogP contribution in [0.25, 0.3) is 0 Å². The quantitative estimate of drug-likeness (QED) is 0.0342. The number of carbonyl (C=O) groups excluding carboxylic acids is 3. The molecular weight excluding hydrogens is 1370 g/mol. The second-order valence-corrected chi connectivity index (χ2v) is 28.4. The van der Waals surface area contributed by atoms with Gasteiger partial charge in [-0.3, -0.25) is 52.8 Å². The Morgan fingerprint density at radius 3 is 1.32 bits per heavy atom. The van der Waals surface area contributed by atoms with E-state index in [2.05, 4.69) is 56.3 Å². The Balaban J connectivity index is 0.000000232. The first-order valence-corrected chi connectivity index (χ1v) is 37.4. The van der Waals surface area contributed by atoms with E-state index >= 15 is 0 Å². The van der Waals surface area contributed by atoms with Crippen molar-refractivity contribution in [3.8, 4) is 5.88 Å². The molecule has 0 unspecified atom stereocenters. The van der Waals surface area contributed by atoms with Gasteiger partial charge in [0.2, 0.25) is 11.7 Å². The van der Waals surface area contributed by atoms with Crippen molar-refractivity contribution >= 4 is 92.9 Å². The van der Waals surface area contributed by atoms with Gasteiger partial charge in [0.05, 0.1) is 66.2 Å². The minimum Gasteiger partial charge on any atom is -0.404 e. The summed E-state index contributed by atoms with van der Waals surface area (Å²) in [6.07, 6.45) is 15.0. The standard InChI is InChI=1S/2C19H21ClN4O4S.C12H10Cl2N2O3S.C7H12N2O.C6H15N/c1-4-13-11-17(24(5-2)22-13)28-19(25)14-7-8-16(29(3,26)27)15(18(14)20)12-23-10-6-9-21-23;1-4-14-16(19(26)24(5-2)22-14)18(25)12-7-8-15(29(3,27)28)13(17(12)20)11-23-10-6-9-21-23;1-20(18,19)10-4-3-8(12(14)17)11(13)9(10)7-16-6-2-5-15-16;1-3-6-5-7(10)9(4-2)8-6;1-4-7(5-2)6-3/h6-11H,4-5,12H2,1-3H3;6-10,22H,4-5,11H2,1-3H3;2-6H,7H2,1H3;5,8H,3-4H2,1-2H3;4-6H2,1-3H3. The number of carbonyl (C=O) groups is 3. The molecular formula is C63H79Cl4N13O12S3. The Kier molecular flexibility index (Phi) is 29.0. The Hall–Kier alpha value is -7.70. The van der Waals surface area contributed by atoms with Gasteiger partial charge in [-0.25, -0.2) is 34.7 Å². The molecule has 6 heterocycles. The van der Waals surface area contributed by atoms with Crippen molar-refractivity contribution in [2.75, 3.05) is 38.4 Å².